The topological polar surface area (TPSA) is 72.8 Å². The van der Waals surface area contributed by atoms with Crippen molar-refractivity contribution in [2.75, 3.05) is 13.2 Å². The number of hydrogen-bond acceptors (Lipinski definition) is 5. The van der Waals surface area contributed by atoms with Gasteiger partial charge in [0.05, 0.1) is 6.61 Å². The van der Waals surface area contributed by atoms with Gasteiger partial charge in [0.25, 0.3) is 0 Å². The molecule has 1 N–H and O–H groups in total. The molecular formula is C28H28O5. The number of ketones is 1. The Balaban J connectivity index is 1.49. The van der Waals surface area contributed by atoms with Crippen molar-refractivity contribution in [1.82, 2.24) is 0 Å². The number of hydrogen-bond donors (Lipinski definition) is 1. The molecule has 170 valence electrons. The summed E-state index contributed by atoms with van der Waals surface area (Å²) in [5.74, 6) is 0.678. The van der Waals surface area contributed by atoms with Crippen LogP contribution in [0, 0.1) is 0 Å². The average molecular weight is 445 g/mol. The SMILES string of the molecule is O=C(C=Cc1ccc(C(=O)c2ccc(OCCCCCCO)cc2)cc1)Oc1ccccc1. The lowest BCUT2D eigenvalue weighted by Crippen LogP contribution is -2.03. The summed E-state index contributed by atoms with van der Waals surface area (Å²) in [7, 11) is 0. The second-order valence-corrected chi connectivity index (χ2v) is 7.53. The van der Waals surface area contributed by atoms with Gasteiger partial charge in [-0.25, -0.2) is 4.79 Å². The highest BCUT2D eigenvalue weighted by atomic mass is 16.5. The van der Waals surface area contributed by atoms with Gasteiger partial charge in [-0.2, -0.15) is 0 Å². The van der Waals surface area contributed by atoms with E-state index in [1.165, 1.54) is 6.08 Å². The molecule has 0 aromatic heterocycles. The summed E-state index contributed by atoms with van der Waals surface area (Å²) in [4.78, 5) is 24.7. The van der Waals surface area contributed by atoms with Crippen LogP contribution in [0.5, 0.6) is 11.5 Å². The normalized spacial score (nSPS) is 10.8. The Morgan fingerprint density at radius 3 is 2.03 bits per heavy atom. The van der Waals surface area contributed by atoms with Gasteiger partial charge in [-0.15, -0.1) is 0 Å². The van der Waals surface area contributed by atoms with E-state index in [0.717, 1.165) is 37.0 Å². The van der Waals surface area contributed by atoms with Gasteiger partial charge in [-0.05, 0) is 67.3 Å². The monoisotopic (exact) mass is 444 g/mol. The van der Waals surface area contributed by atoms with Gasteiger partial charge in [-0.1, -0.05) is 48.9 Å². The molecule has 0 saturated heterocycles. The molecule has 0 fully saturated rings. The van der Waals surface area contributed by atoms with Crippen LogP contribution in [-0.4, -0.2) is 30.1 Å². The molecular weight excluding hydrogens is 416 g/mol. The van der Waals surface area contributed by atoms with Crippen LogP contribution in [0.4, 0.5) is 0 Å². The minimum absolute atomic E-state index is 0.0791. The van der Waals surface area contributed by atoms with Crippen molar-refractivity contribution in [2.45, 2.75) is 25.7 Å². The van der Waals surface area contributed by atoms with Crippen molar-refractivity contribution in [2.24, 2.45) is 0 Å². The molecule has 0 unspecified atom stereocenters. The Labute approximate surface area is 194 Å². The van der Waals surface area contributed by atoms with Crippen molar-refractivity contribution in [3.05, 3.63) is 102 Å². The summed E-state index contributed by atoms with van der Waals surface area (Å²) in [6, 6.07) is 23.0. The number of carbonyl (C=O) groups is 2. The lowest BCUT2D eigenvalue weighted by Gasteiger charge is -2.07. The van der Waals surface area contributed by atoms with Crippen LogP contribution in [0.2, 0.25) is 0 Å². The van der Waals surface area contributed by atoms with E-state index in [1.807, 2.05) is 6.07 Å². The lowest BCUT2D eigenvalue weighted by molar-refractivity contribution is -0.128. The third kappa shape index (κ3) is 8.05. The second kappa shape index (κ2) is 13.0. The number of benzene rings is 3. The van der Waals surface area contributed by atoms with Crippen molar-refractivity contribution in [1.29, 1.82) is 0 Å². The summed E-state index contributed by atoms with van der Waals surface area (Å²) >= 11 is 0. The van der Waals surface area contributed by atoms with E-state index in [0.29, 0.717) is 23.5 Å². The maximum atomic E-state index is 12.7. The Hall–Kier alpha value is -3.70. The number of aliphatic hydroxyl groups is 1. The van der Waals surface area contributed by atoms with E-state index >= 15 is 0 Å². The predicted molar refractivity (Wildman–Crippen MR) is 128 cm³/mol. The summed E-state index contributed by atoms with van der Waals surface area (Å²) < 4.78 is 10.9. The zero-order valence-electron chi connectivity index (χ0n) is 18.5. The van der Waals surface area contributed by atoms with Gasteiger partial charge < -0.3 is 14.6 Å². The van der Waals surface area contributed by atoms with Crippen LogP contribution in [0.25, 0.3) is 6.08 Å². The largest absolute Gasteiger partial charge is 0.494 e. The maximum absolute atomic E-state index is 12.7. The fourth-order valence-electron chi connectivity index (χ4n) is 3.18. The highest BCUT2D eigenvalue weighted by Gasteiger charge is 2.09. The average Bonchev–Trinajstić information content (AvgIpc) is 2.86. The van der Waals surface area contributed by atoms with E-state index in [9.17, 15) is 9.59 Å². The van der Waals surface area contributed by atoms with Crippen LogP contribution in [0.15, 0.2) is 84.9 Å². The third-order valence-corrected chi connectivity index (χ3v) is 4.98. The number of rotatable bonds is 12. The molecule has 0 bridgehead atoms. The van der Waals surface area contributed by atoms with Crippen LogP contribution in [-0.2, 0) is 4.79 Å². The number of unbranched alkanes of at least 4 members (excludes halogenated alkanes) is 3. The van der Waals surface area contributed by atoms with Crippen LogP contribution in [0.1, 0.15) is 47.2 Å². The fraction of sp³-hybridized carbons (Fsp3) is 0.214. The van der Waals surface area contributed by atoms with Crippen LogP contribution >= 0.6 is 0 Å². The van der Waals surface area contributed by atoms with Crippen molar-refractivity contribution in [3.8, 4) is 11.5 Å². The summed E-state index contributed by atoms with van der Waals surface area (Å²) in [5.41, 5.74) is 1.94. The maximum Gasteiger partial charge on any atom is 0.336 e. The Bertz CT molecular complexity index is 1040. The highest BCUT2D eigenvalue weighted by molar-refractivity contribution is 6.09. The zero-order valence-corrected chi connectivity index (χ0v) is 18.5. The van der Waals surface area contributed by atoms with E-state index < -0.39 is 5.97 Å². The summed E-state index contributed by atoms with van der Waals surface area (Å²) in [5, 5.41) is 8.78. The first-order chi connectivity index (χ1) is 16.2. The Morgan fingerprint density at radius 1 is 0.727 bits per heavy atom. The minimum atomic E-state index is -0.464. The first-order valence-corrected chi connectivity index (χ1v) is 11.1. The molecule has 0 atom stereocenters. The standard InChI is InChI=1S/C28H28O5/c29-20-6-1-2-7-21-32-25-17-15-24(16-18-25)28(31)23-13-10-22(11-14-23)12-19-27(30)33-26-8-4-3-5-9-26/h3-5,8-19,29H,1-2,6-7,20-21H2. The Kier molecular flexibility index (Phi) is 9.43. The molecule has 3 aromatic rings. The molecule has 0 amide bonds. The molecule has 5 heteroatoms. The van der Waals surface area contributed by atoms with Gasteiger partial charge in [0, 0.05) is 23.8 Å². The highest BCUT2D eigenvalue weighted by Crippen LogP contribution is 2.17. The molecule has 0 radical (unpaired) electrons. The van der Waals surface area contributed by atoms with E-state index in [4.69, 9.17) is 14.6 Å². The van der Waals surface area contributed by atoms with Crippen LogP contribution in [0.3, 0.4) is 0 Å². The molecule has 3 aromatic carbocycles. The number of esters is 1. The molecule has 0 aliphatic rings. The molecule has 0 spiro atoms. The van der Waals surface area contributed by atoms with E-state index in [1.54, 1.807) is 78.9 Å². The smallest absolute Gasteiger partial charge is 0.336 e. The summed E-state index contributed by atoms with van der Waals surface area (Å²) in [6.07, 6.45) is 6.79. The number of carbonyl (C=O) groups excluding carboxylic acids is 2. The van der Waals surface area contributed by atoms with Gasteiger partial charge in [-0.3, -0.25) is 4.79 Å². The quantitative estimate of drug-likeness (QED) is 0.132. The van der Waals surface area contributed by atoms with Gasteiger partial charge in [0.2, 0.25) is 0 Å². The van der Waals surface area contributed by atoms with Gasteiger partial charge >= 0.3 is 5.97 Å². The van der Waals surface area contributed by atoms with Gasteiger partial charge in [0.15, 0.2) is 5.78 Å². The Morgan fingerprint density at radius 2 is 1.36 bits per heavy atom. The molecule has 0 heterocycles. The molecule has 0 saturated carbocycles. The van der Waals surface area contributed by atoms with Crippen molar-refractivity contribution in [3.63, 3.8) is 0 Å². The minimum Gasteiger partial charge on any atom is -0.494 e. The van der Waals surface area contributed by atoms with E-state index in [2.05, 4.69) is 0 Å². The fourth-order valence-corrected chi connectivity index (χ4v) is 3.18. The van der Waals surface area contributed by atoms with Crippen LogP contribution < -0.4 is 9.47 Å². The second-order valence-electron chi connectivity index (χ2n) is 7.53. The lowest BCUT2D eigenvalue weighted by atomic mass is 10.0. The molecule has 3 rings (SSSR count). The first kappa shape index (κ1) is 24.0. The van der Waals surface area contributed by atoms with E-state index in [-0.39, 0.29) is 12.4 Å². The third-order valence-electron chi connectivity index (χ3n) is 4.98. The number of ether oxygens (including phenoxy) is 2. The first-order valence-electron chi connectivity index (χ1n) is 11.1. The molecule has 5 nitrogen and oxygen atoms in total. The molecule has 0 aliphatic heterocycles. The van der Waals surface area contributed by atoms with Gasteiger partial charge in [0.1, 0.15) is 11.5 Å². The number of para-hydroxylation sites is 1. The summed E-state index contributed by atoms with van der Waals surface area (Å²) in [6.45, 7) is 0.853. The predicted octanol–water partition coefficient (Wildman–Crippen LogP) is 5.47. The molecule has 0 aliphatic carbocycles. The zero-order chi connectivity index (χ0) is 23.3. The number of aliphatic hydroxyl groups excluding tert-OH is 1. The van der Waals surface area contributed by atoms with Crippen molar-refractivity contribution < 1.29 is 24.2 Å². The van der Waals surface area contributed by atoms with Crippen molar-refractivity contribution >= 4 is 17.8 Å². The molecule has 33 heavy (non-hydrogen) atoms.